The highest BCUT2D eigenvalue weighted by molar-refractivity contribution is 6.34. The number of fused-ring (bicyclic) bond motifs is 2. The van der Waals surface area contributed by atoms with Gasteiger partial charge in [0.1, 0.15) is 5.82 Å². The van der Waals surface area contributed by atoms with Crippen LogP contribution in [0.4, 0.5) is 11.4 Å². The zero-order valence-electron chi connectivity index (χ0n) is 19.5. The Kier molecular flexibility index (Phi) is 5.41. The van der Waals surface area contributed by atoms with Crippen LogP contribution in [0.15, 0.2) is 72.8 Å². The summed E-state index contributed by atoms with van der Waals surface area (Å²) in [6.45, 7) is 0.888. The van der Waals surface area contributed by atoms with Crippen molar-refractivity contribution in [2.75, 3.05) is 10.2 Å². The van der Waals surface area contributed by atoms with Crippen molar-refractivity contribution >= 4 is 29.1 Å². The fourth-order valence-corrected chi connectivity index (χ4v) is 4.85. The summed E-state index contributed by atoms with van der Waals surface area (Å²) in [6.07, 6.45) is 4.32. The molecule has 2 aliphatic heterocycles. The molecule has 3 aromatic carbocycles. The van der Waals surface area contributed by atoms with E-state index >= 15 is 0 Å². The Morgan fingerprint density at radius 2 is 1.58 bits per heavy atom. The third kappa shape index (κ3) is 3.76. The molecule has 4 aromatic rings. The van der Waals surface area contributed by atoms with Crippen LogP contribution in [0.2, 0.25) is 0 Å². The minimum atomic E-state index is -0.395. The predicted molar refractivity (Wildman–Crippen MR) is 135 cm³/mol. The molecular formula is C28H23N5O3. The topological polar surface area (TPSA) is 97.2 Å². The molecule has 0 atom stereocenters. The number of aromatic nitrogens is 3. The van der Waals surface area contributed by atoms with Gasteiger partial charge < -0.3 is 9.88 Å². The number of carbonyl (C=O) groups excluding carboxylic acids is 3. The Balaban J connectivity index is 1.24. The second-order valence-corrected chi connectivity index (χ2v) is 8.98. The van der Waals surface area contributed by atoms with Crippen molar-refractivity contribution in [2.45, 2.75) is 32.2 Å². The van der Waals surface area contributed by atoms with E-state index in [1.165, 1.54) is 6.42 Å². The molecule has 0 bridgehead atoms. The van der Waals surface area contributed by atoms with Gasteiger partial charge in [-0.15, -0.1) is 10.2 Å². The van der Waals surface area contributed by atoms with Crippen molar-refractivity contribution < 1.29 is 14.4 Å². The van der Waals surface area contributed by atoms with Crippen LogP contribution in [0.1, 0.15) is 56.2 Å². The van der Waals surface area contributed by atoms with Crippen molar-refractivity contribution in [1.29, 1.82) is 0 Å². The summed E-state index contributed by atoms with van der Waals surface area (Å²) in [6, 6.07) is 20.8. The van der Waals surface area contributed by atoms with Gasteiger partial charge in [-0.25, -0.2) is 4.90 Å². The summed E-state index contributed by atoms with van der Waals surface area (Å²) in [5, 5.41) is 11.7. The van der Waals surface area contributed by atoms with E-state index in [4.69, 9.17) is 0 Å². The normalized spacial score (nSPS) is 14.8. The van der Waals surface area contributed by atoms with Gasteiger partial charge in [0, 0.05) is 29.8 Å². The van der Waals surface area contributed by atoms with E-state index in [9.17, 15) is 14.4 Å². The molecule has 0 spiro atoms. The smallest absolute Gasteiger partial charge is 0.266 e. The van der Waals surface area contributed by atoms with Gasteiger partial charge >= 0.3 is 0 Å². The monoisotopic (exact) mass is 477 g/mol. The molecule has 0 unspecified atom stereocenters. The first-order chi connectivity index (χ1) is 17.6. The Hall–Kier alpha value is -4.59. The lowest BCUT2D eigenvalue weighted by Crippen LogP contribution is -2.29. The molecule has 178 valence electrons. The molecule has 3 heterocycles. The van der Waals surface area contributed by atoms with Gasteiger partial charge in [0.2, 0.25) is 0 Å². The molecule has 6 rings (SSSR count). The molecule has 36 heavy (non-hydrogen) atoms. The molecular weight excluding hydrogens is 454 g/mol. The predicted octanol–water partition coefficient (Wildman–Crippen LogP) is 4.72. The summed E-state index contributed by atoms with van der Waals surface area (Å²) in [7, 11) is 0. The van der Waals surface area contributed by atoms with E-state index in [-0.39, 0.29) is 5.91 Å². The van der Waals surface area contributed by atoms with Gasteiger partial charge in [-0.1, -0.05) is 36.8 Å². The van der Waals surface area contributed by atoms with Crippen molar-refractivity contribution in [3.63, 3.8) is 0 Å². The van der Waals surface area contributed by atoms with Gasteiger partial charge in [0.25, 0.3) is 17.7 Å². The molecule has 8 nitrogen and oxygen atoms in total. The van der Waals surface area contributed by atoms with E-state index in [0.717, 1.165) is 47.9 Å². The number of nitrogens with zero attached hydrogens (tertiary/aromatic N) is 4. The average molecular weight is 478 g/mol. The van der Waals surface area contributed by atoms with Crippen LogP contribution in [-0.4, -0.2) is 32.5 Å². The first-order valence-electron chi connectivity index (χ1n) is 12.0. The van der Waals surface area contributed by atoms with Gasteiger partial charge in [-0.3, -0.25) is 14.4 Å². The molecule has 0 saturated heterocycles. The summed E-state index contributed by atoms with van der Waals surface area (Å²) in [5.74, 6) is 0.671. The van der Waals surface area contributed by atoms with Crippen LogP contribution < -0.4 is 10.2 Å². The molecule has 1 aromatic heterocycles. The summed E-state index contributed by atoms with van der Waals surface area (Å²) in [5.41, 5.74) is 2.92. The van der Waals surface area contributed by atoms with Crippen molar-refractivity contribution in [1.82, 2.24) is 14.8 Å². The minimum absolute atomic E-state index is 0.339. The molecule has 3 amide bonds. The Morgan fingerprint density at radius 1 is 0.806 bits per heavy atom. The van der Waals surface area contributed by atoms with E-state index < -0.39 is 11.8 Å². The summed E-state index contributed by atoms with van der Waals surface area (Å²) in [4.78, 5) is 39.9. The SMILES string of the molecule is O=C(Nc1cccc(-c2nnc3n2CCCCC3)c1)c1cccc(N2C(=O)c3ccccc3C2=O)c1. The van der Waals surface area contributed by atoms with Crippen LogP contribution in [0.3, 0.4) is 0 Å². The number of nitrogens with one attached hydrogen (secondary N) is 1. The number of rotatable bonds is 4. The average Bonchev–Trinajstić information content (AvgIpc) is 3.31. The number of amides is 3. The maximum absolute atomic E-state index is 13.1. The second-order valence-electron chi connectivity index (χ2n) is 8.98. The van der Waals surface area contributed by atoms with E-state index in [1.54, 1.807) is 48.5 Å². The summed E-state index contributed by atoms with van der Waals surface area (Å²) < 4.78 is 2.17. The lowest BCUT2D eigenvalue weighted by molar-refractivity contribution is 0.0924. The quantitative estimate of drug-likeness (QED) is 0.429. The van der Waals surface area contributed by atoms with E-state index in [1.807, 2.05) is 24.3 Å². The zero-order valence-corrected chi connectivity index (χ0v) is 19.5. The standard InChI is InChI=1S/C28H23N5O3/c34-26(19-9-7-11-21(17-19)33-27(35)22-12-3-4-13-23(22)28(33)36)29-20-10-6-8-18(16-20)25-31-30-24-14-2-1-5-15-32(24)25/h3-4,6-13,16-17H,1-2,5,14-15H2,(H,29,34). The molecule has 2 aliphatic rings. The highest BCUT2D eigenvalue weighted by Crippen LogP contribution is 2.29. The van der Waals surface area contributed by atoms with Crippen LogP contribution in [0, 0.1) is 0 Å². The maximum atomic E-state index is 13.1. The lowest BCUT2D eigenvalue weighted by Gasteiger charge is -2.15. The molecule has 0 aliphatic carbocycles. The van der Waals surface area contributed by atoms with Crippen molar-refractivity contribution in [2.24, 2.45) is 0 Å². The Morgan fingerprint density at radius 3 is 2.39 bits per heavy atom. The summed E-state index contributed by atoms with van der Waals surface area (Å²) >= 11 is 0. The fraction of sp³-hybridized carbons (Fsp3) is 0.179. The fourth-order valence-electron chi connectivity index (χ4n) is 4.85. The second kappa shape index (κ2) is 8.88. The molecule has 0 fully saturated rings. The van der Waals surface area contributed by atoms with Crippen LogP contribution in [-0.2, 0) is 13.0 Å². The maximum Gasteiger partial charge on any atom is 0.266 e. The van der Waals surface area contributed by atoms with E-state index in [0.29, 0.717) is 28.1 Å². The first-order valence-corrected chi connectivity index (χ1v) is 12.0. The Labute approximate surface area is 207 Å². The number of carbonyl (C=O) groups is 3. The van der Waals surface area contributed by atoms with Gasteiger partial charge in [0.15, 0.2) is 5.82 Å². The Bertz CT molecular complexity index is 1490. The van der Waals surface area contributed by atoms with Crippen LogP contribution in [0.25, 0.3) is 11.4 Å². The van der Waals surface area contributed by atoms with Crippen LogP contribution in [0.5, 0.6) is 0 Å². The molecule has 8 heteroatoms. The first kappa shape index (κ1) is 21.9. The number of hydrogen-bond donors (Lipinski definition) is 1. The zero-order chi connectivity index (χ0) is 24.6. The molecule has 1 N–H and O–H groups in total. The number of anilines is 2. The number of benzene rings is 3. The highest BCUT2D eigenvalue weighted by Gasteiger charge is 2.36. The number of aryl methyl sites for hydroxylation is 1. The van der Waals surface area contributed by atoms with Crippen molar-refractivity contribution in [3.8, 4) is 11.4 Å². The lowest BCUT2D eigenvalue weighted by atomic mass is 10.1. The number of imide groups is 1. The highest BCUT2D eigenvalue weighted by atomic mass is 16.2. The van der Waals surface area contributed by atoms with Gasteiger partial charge in [-0.05, 0) is 55.3 Å². The van der Waals surface area contributed by atoms with Crippen LogP contribution >= 0.6 is 0 Å². The van der Waals surface area contributed by atoms with Gasteiger partial charge in [-0.2, -0.15) is 0 Å². The molecule has 0 saturated carbocycles. The minimum Gasteiger partial charge on any atom is -0.322 e. The van der Waals surface area contributed by atoms with Crippen molar-refractivity contribution in [3.05, 3.63) is 95.3 Å². The molecule has 0 radical (unpaired) electrons. The van der Waals surface area contributed by atoms with E-state index in [2.05, 4.69) is 20.1 Å². The third-order valence-electron chi connectivity index (χ3n) is 6.65. The van der Waals surface area contributed by atoms with Gasteiger partial charge in [0.05, 0.1) is 16.8 Å². The largest absolute Gasteiger partial charge is 0.322 e. The number of hydrogen-bond acceptors (Lipinski definition) is 5. The third-order valence-corrected chi connectivity index (χ3v) is 6.65.